The second kappa shape index (κ2) is 7.68. The maximum absolute atomic E-state index is 11.6. The van der Waals surface area contributed by atoms with Crippen molar-refractivity contribution in [3.05, 3.63) is 0 Å². The van der Waals surface area contributed by atoms with Crippen LogP contribution in [-0.4, -0.2) is 60.6 Å². The second-order valence-electron chi connectivity index (χ2n) is 5.16. The fraction of sp³-hybridized carbons (Fsp3) is 0.750. The van der Waals surface area contributed by atoms with Crippen LogP contribution in [0.3, 0.4) is 0 Å². The molecule has 0 bridgehead atoms. The lowest BCUT2D eigenvalue weighted by Gasteiger charge is -2.29. The number of carbonyl (C=O) groups excluding carboxylic acids is 2. The SMILES string of the molecule is CN1CCC(CNC(=O)N[C@@H](CC(N)=O)C(=O)O)CC1. The van der Waals surface area contributed by atoms with E-state index in [1.807, 2.05) is 0 Å². The number of carboxylic acids is 1. The van der Waals surface area contributed by atoms with Crippen molar-refractivity contribution >= 4 is 17.9 Å². The highest BCUT2D eigenvalue weighted by Crippen LogP contribution is 2.14. The fourth-order valence-electron chi connectivity index (χ4n) is 2.11. The molecule has 1 atom stereocenters. The molecule has 20 heavy (non-hydrogen) atoms. The van der Waals surface area contributed by atoms with E-state index in [9.17, 15) is 14.4 Å². The van der Waals surface area contributed by atoms with Crippen LogP contribution in [0.1, 0.15) is 19.3 Å². The van der Waals surface area contributed by atoms with Crippen molar-refractivity contribution in [1.82, 2.24) is 15.5 Å². The van der Waals surface area contributed by atoms with Gasteiger partial charge in [0.05, 0.1) is 6.42 Å². The molecule has 0 aromatic carbocycles. The molecule has 8 nitrogen and oxygen atoms in total. The molecule has 0 aromatic heterocycles. The predicted octanol–water partition coefficient (Wildman–Crippen LogP) is -1.04. The number of nitrogens with two attached hydrogens (primary N) is 1. The molecular weight excluding hydrogens is 264 g/mol. The van der Waals surface area contributed by atoms with Gasteiger partial charge in [-0.1, -0.05) is 0 Å². The van der Waals surface area contributed by atoms with Gasteiger partial charge in [-0.3, -0.25) is 4.79 Å². The summed E-state index contributed by atoms with van der Waals surface area (Å²) in [5, 5.41) is 13.7. The van der Waals surface area contributed by atoms with E-state index in [2.05, 4.69) is 22.6 Å². The number of nitrogens with zero attached hydrogens (tertiary/aromatic N) is 1. The zero-order valence-electron chi connectivity index (χ0n) is 11.6. The summed E-state index contributed by atoms with van der Waals surface area (Å²) in [5.74, 6) is -1.65. The van der Waals surface area contributed by atoms with Crippen LogP contribution in [0.25, 0.3) is 0 Å². The summed E-state index contributed by atoms with van der Waals surface area (Å²) >= 11 is 0. The monoisotopic (exact) mass is 286 g/mol. The third kappa shape index (κ3) is 5.87. The molecule has 0 unspecified atom stereocenters. The Kier molecular flexibility index (Phi) is 6.23. The van der Waals surface area contributed by atoms with E-state index < -0.39 is 30.4 Å². The predicted molar refractivity (Wildman–Crippen MR) is 72.0 cm³/mol. The first kappa shape index (κ1) is 16.2. The molecule has 0 aliphatic carbocycles. The number of rotatable bonds is 6. The minimum atomic E-state index is -1.29. The average Bonchev–Trinajstić information content (AvgIpc) is 2.36. The third-order valence-corrected chi connectivity index (χ3v) is 3.40. The summed E-state index contributed by atoms with van der Waals surface area (Å²) in [4.78, 5) is 35.4. The number of piperidine rings is 1. The number of aliphatic carboxylic acids is 1. The van der Waals surface area contributed by atoms with Crippen molar-refractivity contribution in [2.45, 2.75) is 25.3 Å². The molecule has 1 fully saturated rings. The number of carbonyl (C=O) groups is 3. The van der Waals surface area contributed by atoms with Gasteiger partial charge in [0.25, 0.3) is 0 Å². The van der Waals surface area contributed by atoms with E-state index in [1.54, 1.807) is 0 Å². The Labute approximate surface area is 117 Å². The van der Waals surface area contributed by atoms with E-state index in [1.165, 1.54) is 0 Å². The quantitative estimate of drug-likeness (QED) is 0.496. The van der Waals surface area contributed by atoms with Crippen molar-refractivity contribution in [3.63, 3.8) is 0 Å². The Morgan fingerprint density at radius 1 is 1.35 bits per heavy atom. The Bertz CT molecular complexity index is 366. The first-order chi connectivity index (χ1) is 9.38. The van der Waals surface area contributed by atoms with Gasteiger partial charge in [-0.05, 0) is 38.9 Å². The number of amides is 3. The van der Waals surface area contributed by atoms with Crippen molar-refractivity contribution in [3.8, 4) is 0 Å². The molecule has 0 aromatic rings. The van der Waals surface area contributed by atoms with Gasteiger partial charge in [0.2, 0.25) is 5.91 Å². The molecule has 8 heteroatoms. The maximum Gasteiger partial charge on any atom is 0.326 e. The van der Waals surface area contributed by atoms with E-state index in [0.29, 0.717) is 12.5 Å². The Hall–Kier alpha value is -1.83. The molecule has 0 radical (unpaired) electrons. The van der Waals surface area contributed by atoms with Gasteiger partial charge >= 0.3 is 12.0 Å². The molecule has 114 valence electrons. The molecule has 1 aliphatic rings. The molecule has 1 saturated heterocycles. The van der Waals surface area contributed by atoms with Gasteiger partial charge in [0, 0.05) is 6.54 Å². The summed E-state index contributed by atoms with van der Waals surface area (Å²) in [6, 6.07) is -1.87. The molecular formula is C12H22N4O4. The van der Waals surface area contributed by atoms with Crippen molar-refractivity contribution in [1.29, 1.82) is 0 Å². The first-order valence-electron chi connectivity index (χ1n) is 6.62. The van der Waals surface area contributed by atoms with Crippen LogP contribution < -0.4 is 16.4 Å². The highest BCUT2D eigenvalue weighted by atomic mass is 16.4. The zero-order chi connectivity index (χ0) is 15.1. The fourth-order valence-corrected chi connectivity index (χ4v) is 2.11. The van der Waals surface area contributed by atoms with Crippen LogP contribution in [0.2, 0.25) is 0 Å². The van der Waals surface area contributed by atoms with Gasteiger partial charge in [-0.15, -0.1) is 0 Å². The number of likely N-dealkylation sites (tertiary alicyclic amines) is 1. The highest BCUT2D eigenvalue weighted by molar-refractivity contribution is 5.87. The van der Waals surface area contributed by atoms with Gasteiger partial charge in [-0.25, -0.2) is 9.59 Å². The molecule has 0 spiro atoms. The highest BCUT2D eigenvalue weighted by Gasteiger charge is 2.23. The molecule has 0 saturated carbocycles. The van der Waals surface area contributed by atoms with E-state index in [-0.39, 0.29) is 0 Å². The molecule has 1 aliphatic heterocycles. The summed E-state index contributed by atoms with van der Waals surface area (Å²) in [6.07, 6.45) is 1.58. The van der Waals surface area contributed by atoms with Gasteiger partial charge in [0.15, 0.2) is 0 Å². The van der Waals surface area contributed by atoms with Crippen LogP contribution in [0, 0.1) is 5.92 Å². The van der Waals surface area contributed by atoms with Gasteiger partial charge in [-0.2, -0.15) is 0 Å². The average molecular weight is 286 g/mol. The minimum Gasteiger partial charge on any atom is -0.480 e. The van der Waals surface area contributed by atoms with Crippen molar-refractivity contribution in [2.24, 2.45) is 11.7 Å². The summed E-state index contributed by atoms with van der Waals surface area (Å²) in [5.41, 5.74) is 4.93. The smallest absolute Gasteiger partial charge is 0.326 e. The number of nitrogens with one attached hydrogen (secondary N) is 2. The van der Waals surface area contributed by atoms with Crippen LogP contribution >= 0.6 is 0 Å². The van der Waals surface area contributed by atoms with Crippen molar-refractivity contribution in [2.75, 3.05) is 26.7 Å². The zero-order valence-corrected chi connectivity index (χ0v) is 11.6. The number of carboxylic acid groups (broad SMARTS) is 1. The lowest BCUT2D eigenvalue weighted by molar-refractivity contribution is -0.140. The number of primary amides is 1. The summed E-state index contributed by atoms with van der Waals surface area (Å²) in [6.45, 7) is 2.49. The first-order valence-corrected chi connectivity index (χ1v) is 6.62. The van der Waals surface area contributed by atoms with E-state index in [4.69, 9.17) is 10.8 Å². The minimum absolute atomic E-state index is 0.399. The van der Waals surface area contributed by atoms with Crippen LogP contribution in [0.4, 0.5) is 4.79 Å². The molecule has 5 N–H and O–H groups in total. The number of urea groups is 1. The maximum atomic E-state index is 11.6. The Morgan fingerprint density at radius 2 is 1.95 bits per heavy atom. The molecule has 3 amide bonds. The molecule has 1 rings (SSSR count). The Balaban J connectivity index is 2.31. The van der Waals surface area contributed by atoms with Gasteiger partial charge in [0.1, 0.15) is 6.04 Å². The molecule has 1 heterocycles. The van der Waals surface area contributed by atoms with Crippen LogP contribution in [0.15, 0.2) is 0 Å². The number of hydrogen-bond donors (Lipinski definition) is 4. The lowest BCUT2D eigenvalue weighted by atomic mass is 9.97. The van der Waals surface area contributed by atoms with Gasteiger partial charge < -0.3 is 26.4 Å². The Morgan fingerprint density at radius 3 is 2.45 bits per heavy atom. The normalized spacial score (nSPS) is 18.2. The topological polar surface area (TPSA) is 125 Å². The largest absolute Gasteiger partial charge is 0.480 e. The van der Waals surface area contributed by atoms with Crippen molar-refractivity contribution < 1.29 is 19.5 Å². The van der Waals surface area contributed by atoms with E-state index >= 15 is 0 Å². The van der Waals surface area contributed by atoms with Crippen LogP contribution in [0.5, 0.6) is 0 Å². The van der Waals surface area contributed by atoms with Crippen LogP contribution in [-0.2, 0) is 9.59 Å². The summed E-state index contributed by atoms with van der Waals surface area (Å²) in [7, 11) is 2.05. The van der Waals surface area contributed by atoms with E-state index in [0.717, 1.165) is 25.9 Å². The lowest BCUT2D eigenvalue weighted by Crippen LogP contribution is -2.49. The second-order valence-corrected chi connectivity index (χ2v) is 5.16. The third-order valence-electron chi connectivity index (χ3n) is 3.40. The summed E-state index contributed by atoms with van der Waals surface area (Å²) < 4.78 is 0. The standard InChI is InChI=1S/C12H22N4O4/c1-16-4-2-8(3-5-16)7-14-12(20)15-9(11(18)19)6-10(13)17/h8-9H,2-7H2,1H3,(H2,13,17)(H,18,19)(H2,14,15,20)/t9-/m0/s1. The number of hydrogen-bond acceptors (Lipinski definition) is 4.